The van der Waals surface area contributed by atoms with Crippen LogP contribution in [-0.2, 0) is 52.7 Å². The summed E-state index contributed by atoms with van der Waals surface area (Å²) in [4.78, 5) is 163. The van der Waals surface area contributed by atoms with Crippen molar-refractivity contribution in [3.05, 3.63) is 12.2 Å². The van der Waals surface area contributed by atoms with Crippen molar-refractivity contribution in [2.45, 2.75) is 202 Å². The Bertz CT molecular complexity index is 2170. The third-order valence-electron chi connectivity index (χ3n) is 14.6. The lowest BCUT2D eigenvalue weighted by atomic mass is 9.91. The summed E-state index contributed by atoms with van der Waals surface area (Å²) in [7, 11) is 8.34. The quantitative estimate of drug-likeness (QED) is 0.151. The average molecular weight is 1120 g/mol. The highest BCUT2D eigenvalue weighted by Crippen LogP contribution is 2.25. The van der Waals surface area contributed by atoms with E-state index >= 15 is 4.79 Å². The second-order valence-corrected chi connectivity index (χ2v) is 23.2. The van der Waals surface area contributed by atoms with Crippen molar-refractivity contribution in [3.8, 4) is 0 Å². The Morgan fingerprint density at radius 1 is 0.494 bits per heavy atom. The van der Waals surface area contributed by atoms with E-state index in [1.54, 1.807) is 46.8 Å². The van der Waals surface area contributed by atoms with Crippen LogP contribution in [-0.4, -0.2) is 215 Å². The van der Waals surface area contributed by atoms with Gasteiger partial charge in [-0.1, -0.05) is 81.4 Å². The first-order valence-electron chi connectivity index (χ1n) is 27.9. The number of aliphatic hydroxyl groups is 1. The molecule has 11 amide bonds. The van der Waals surface area contributed by atoms with Gasteiger partial charge >= 0.3 is 0 Å². The molecule has 0 aromatic heterocycles. The summed E-state index contributed by atoms with van der Waals surface area (Å²) < 4.78 is 0. The Labute approximate surface area is 470 Å². The van der Waals surface area contributed by atoms with Gasteiger partial charge in [0.05, 0.1) is 12.6 Å². The normalized spacial score (nSPS) is 27.7. The zero-order valence-corrected chi connectivity index (χ0v) is 51.3. The molecule has 23 heteroatoms. The van der Waals surface area contributed by atoms with Crippen LogP contribution in [0, 0.1) is 29.6 Å². The molecular formula is C56H99N11O12. The van der Waals surface area contributed by atoms with Crippen LogP contribution in [0.15, 0.2) is 12.2 Å². The van der Waals surface area contributed by atoms with Crippen LogP contribution in [0.5, 0.6) is 0 Å². The van der Waals surface area contributed by atoms with Gasteiger partial charge in [-0.05, 0) is 96.3 Å². The number of allylic oxidation sites excluding steroid dienone is 2. The molecule has 0 aliphatic carbocycles. The number of rotatable bonds is 12. The number of aliphatic hydroxyl groups excluding tert-OH is 1. The SMILES string of the molecule is C/C=C/C[C@@H](C)[C@@H](O)[C@H]1C(=O)N[C@@H](CC)C(=O)N(C)CC(=O)N(C)[C@H](C)C(=O)N[C@@H](CC(C)C)C(=O)N[C@@H](C)C(=O)N[C@@H](C)C(=O)N[C@H](C)C(=O)N(C)[C@@H](CC(C)C)C(=O)N(C)[C@H](CC(C)C)C(=O)N(C)[C@@H](C(C)C)C(=O)N1C. The zero-order chi connectivity index (χ0) is 61.2. The van der Waals surface area contributed by atoms with Gasteiger partial charge in [-0.3, -0.25) is 52.7 Å². The fourth-order valence-corrected chi connectivity index (χ4v) is 9.39. The Morgan fingerprint density at radius 2 is 0.924 bits per heavy atom. The van der Waals surface area contributed by atoms with E-state index in [-0.39, 0.29) is 43.4 Å². The Hall–Kier alpha value is -6.13. The highest BCUT2D eigenvalue weighted by Gasteiger charge is 2.45. The first kappa shape index (κ1) is 70.9. The Balaban J connectivity index is 4.13. The number of amides is 11. The number of hydrogen-bond acceptors (Lipinski definition) is 12. The fourth-order valence-electron chi connectivity index (χ4n) is 9.39. The second-order valence-electron chi connectivity index (χ2n) is 23.2. The fraction of sp³-hybridized carbons (Fsp3) is 0.768. The van der Waals surface area contributed by atoms with Gasteiger partial charge in [0.2, 0.25) is 65.0 Å². The zero-order valence-electron chi connectivity index (χ0n) is 51.3. The van der Waals surface area contributed by atoms with Crippen molar-refractivity contribution in [1.29, 1.82) is 0 Å². The van der Waals surface area contributed by atoms with E-state index in [0.29, 0.717) is 6.42 Å². The molecular weight excluding hydrogens is 1020 g/mol. The third kappa shape index (κ3) is 20.2. The van der Waals surface area contributed by atoms with E-state index in [1.807, 2.05) is 41.5 Å². The van der Waals surface area contributed by atoms with E-state index in [2.05, 4.69) is 26.6 Å². The highest BCUT2D eigenvalue weighted by atomic mass is 16.3. The maximum absolute atomic E-state index is 15.0. The van der Waals surface area contributed by atoms with Crippen LogP contribution in [0.25, 0.3) is 0 Å². The predicted molar refractivity (Wildman–Crippen MR) is 301 cm³/mol. The number of likely N-dealkylation sites (N-methyl/N-ethyl adjacent to an activating group) is 6. The average Bonchev–Trinajstić information content (AvgIpc) is 3.37. The lowest BCUT2D eigenvalue weighted by Crippen LogP contribution is -2.63. The predicted octanol–water partition coefficient (Wildman–Crippen LogP) is 1.26. The summed E-state index contributed by atoms with van der Waals surface area (Å²) >= 11 is 0. The molecule has 1 rings (SSSR count). The van der Waals surface area contributed by atoms with Gasteiger partial charge in [0, 0.05) is 42.3 Å². The van der Waals surface area contributed by atoms with Crippen molar-refractivity contribution in [3.63, 3.8) is 0 Å². The number of nitrogens with one attached hydrogen (secondary N) is 5. The first-order valence-corrected chi connectivity index (χ1v) is 27.9. The van der Waals surface area contributed by atoms with Crippen molar-refractivity contribution < 1.29 is 57.8 Å². The van der Waals surface area contributed by atoms with E-state index in [4.69, 9.17) is 0 Å². The van der Waals surface area contributed by atoms with Crippen molar-refractivity contribution in [1.82, 2.24) is 56.0 Å². The van der Waals surface area contributed by atoms with Crippen molar-refractivity contribution >= 4 is 65.0 Å². The molecule has 1 aliphatic heterocycles. The van der Waals surface area contributed by atoms with Crippen LogP contribution < -0.4 is 26.6 Å². The maximum atomic E-state index is 15.0. The summed E-state index contributed by atoms with van der Waals surface area (Å²) in [5.74, 6) is -9.35. The van der Waals surface area contributed by atoms with Gasteiger partial charge in [0.15, 0.2) is 0 Å². The molecule has 0 spiro atoms. The number of carbonyl (C=O) groups is 11. The van der Waals surface area contributed by atoms with E-state index in [1.165, 1.54) is 84.7 Å². The van der Waals surface area contributed by atoms with Crippen LogP contribution in [0.3, 0.4) is 0 Å². The maximum Gasteiger partial charge on any atom is 0.246 e. The lowest BCUT2D eigenvalue weighted by molar-refractivity contribution is -0.157. The molecule has 0 bridgehead atoms. The Morgan fingerprint density at radius 3 is 1.38 bits per heavy atom. The topological polar surface area (TPSA) is 288 Å². The van der Waals surface area contributed by atoms with E-state index in [0.717, 1.165) is 14.7 Å². The monoisotopic (exact) mass is 1120 g/mol. The van der Waals surface area contributed by atoms with Crippen LogP contribution in [0.4, 0.5) is 0 Å². The van der Waals surface area contributed by atoms with Gasteiger partial charge in [0.1, 0.15) is 60.4 Å². The van der Waals surface area contributed by atoms with Gasteiger partial charge in [0.25, 0.3) is 0 Å². The van der Waals surface area contributed by atoms with Crippen LogP contribution >= 0.6 is 0 Å². The molecule has 6 N–H and O–H groups in total. The summed E-state index contributed by atoms with van der Waals surface area (Å²) in [5.41, 5.74) is 0. The number of hydrogen-bond donors (Lipinski definition) is 6. The molecule has 12 atom stereocenters. The molecule has 1 saturated heterocycles. The van der Waals surface area contributed by atoms with E-state index in [9.17, 15) is 53.1 Å². The molecule has 23 nitrogen and oxygen atoms in total. The molecule has 1 fully saturated rings. The summed E-state index contributed by atoms with van der Waals surface area (Å²) in [6.07, 6.45) is 2.86. The van der Waals surface area contributed by atoms with Gasteiger partial charge in [-0.2, -0.15) is 0 Å². The molecule has 450 valence electrons. The van der Waals surface area contributed by atoms with Gasteiger partial charge < -0.3 is 61.1 Å². The highest BCUT2D eigenvalue weighted by molar-refractivity contribution is 5.99. The minimum atomic E-state index is -1.60. The molecule has 1 aliphatic rings. The lowest BCUT2D eigenvalue weighted by Gasteiger charge is -2.41. The summed E-state index contributed by atoms with van der Waals surface area (Å²) in [6.45, 7) is 24.8. The molecule has 0 radical (unpaired) electrons. The van der Waals surface area contributed by atoms with Gasteiger partial charge in [-0.15, -0.1) is 0 Å². The molecule has 0 aromatic carbocycles. The van der Waals surface area contributed by atoms with Gasteiger partial charge in [-0.25, -0.2) is 0 Å². The van der Waals surface area contributed by atoms with Crippen molar-refractivity contribution in [2.75, 3.05) is 48.8 Å². The summed E-state index contributed by atoms with van der Waals surface area (Å²) in [5, 5.41) is 25.1. The molecule has 0 unspecified atom stereocenters. The first-order chi connectivity index (χ1) is 36.5. The smallest absolute Gasteiger partial charge is 0.246 e. The second kappa shape index (κ2) is 32.2. The third-order valence-corrected chi connectivity index (χ3v) is 14.6. The summed E-state index contributed by atoms with van der Waals surface area (Å²) in [6, 6.07) is -12.4. The molecule has 1 heterocycles. The minimum absolute atomic E-state index is 0.0241. The number of nitrogens with zero attached hydrogens (tertiary/aromatic N) is 6. The minimum Gasteiger partial charge on any atom is -0.390 e. The molecule has 79 heavy (non-hydrogen) atoms. The Kier molecular flexibility index (Phi) is 28.9. The van der Waals surface area contributed by atoms with E-state index < -0.39 is 150 Å². The standard InChI is InChI=1S/C56H99N11O12/c1-22-24-25-34(11)46(69)45-51(74)60-39(23-2)53(76)62(16)29-43(68)63(17)38(15)49(72)61-40(26-30(3)4)50(73)58-36(13)47(70)57-35(12)48(71)59-37(14)52(75)64(18)41(27-31(5)6)54(77)65(19)42(28-32(7)8)55(78)66(20)44(33(9)10)56(79)67(45)21/h22,24,30-42,44-46,69H,23,25-29H2,1-21H3,(H,57,70)(H,58,73)(H,59,71)(H,60,74)(H,61,72)/b24-22+/t34-,35+,36+,37-,38-,39+,40+,41+,42-,44+,45+,46-/m1/s1. The van der Waals surface area contributed by atoms with Crippen LogP contribution in [0.2, 0.25) is 0 Å². The van der Waals surface area contributed by atoms with Crippen molar-refractivity contribution in [2.24, 2.45) is 29.6 Å². The molecule has 0 aromatic rings. The molecule has 0 saturated carbocycles. The van der Waals surface area contributed by atoms with Crippen LogP contribution in [0.1, 0.15) is 136 Å². The largest absolute Gasteiger partial charge is 0.390 e. The number of carbonyl (C=O) groups excluding carboxylic acids is 11.